The van der Waals surface area contributed by atoms with Crippen LogP contribution in [0, 0.1) is 10.8 Å². The molecule has 1 aromatic rings. The topological polar surface area (TPSA) is 0 Å². The predicted molar refractivity (Wildman–Crippen MR) is 130 cm³/mol. The van der Waals surface area contributed by atoms with Gasteiger partial charge in [0, 0.05) is 0 Å². The van der Waals surface area contributed by atoms with Crippen molar-refractivity contribution in [2.24, 2.45) is 10.8 Å². The monoisotopic (exact) mass is 384 g/mol. The molecule has 1 aromatic carbocycles. The molecule has 0 nitrogen and oxygen atoms in total. The van der Waals surface area contributed by atoms with E-state index in [-0.39, 0.29) is 10.8 Å². The molecule has 0 radical (unpaired) electrons. The summed E-state index contributed by atoms with van der Waals surface area (Å²) in [5.41, 5.74) is 5.76. The molecule has 0 spiro atoms. The van der Waals surface area contributed by atoms with Gasteiger partial charge >= 0.3 is 0 Å². The van der Waals surface area contributed by atoms with Crippen LogP contribution >= 0.6 is 0 Å². The fourth-order valence-electron chi connectivity index (χ4n) is 2.47. The van der Waals surface area contributed by atoms with Crippen LogP contribution in [0.5, 0.6) is 0 Å². The lowest BCUT2D eigenvalue weighted by Gasteiger charge is -2.23. The predicted octanol–water partition coefficient (Wildman–Crippen LogP) is 9.25. The summed E-state index contributed by atoms with van der Waals surface area (Å²) in [6, 6.07) is 9.00. The third-order valence-electron chi connectivity index (χ3n) is 4.35. The molecule has 0 atom stereocenters. The molecule has 28 heavy (non-hydrogen) atoms. The van der Waals surface area contributed by atoms with Gasteiger partial charge in [-0.1, -0.05) is 138 Å². The third-order valence-corrected chi connectivity index (χ3v) is 4.35. The van der Waals surface area contributed by atoms with Crippen molar-refractivity contribution >= 4 is 0 Å². The summed E-state index contributed by atoms with van der Waals surface area (Å²) in [5, 5.41) is 0. The van der Waals surface area contributed by atoms with Gasteiger partial charge < -0.3 is 0 Å². The van der Waals surface area contributed by atoms with E-state index in [9.17, 15) is 0 Å². The third kappa shape index (κ3) is 12.2. The zero-order valence-corrected chi connectivity index (χ0v) is 21.2. The van der Waals surface area contributed by atoms with Crippen molar-refractivity contribution in [2.45, 2.75) is 107 Å². The van der Waals surface area contributed by atoms with E-state index in [2.05, 4.69) is 133 Å². The molecule has 0 saturated heterocycles. The first-order chi connectivity index (χ1) is 12.3. The molecule has 1 aliphatic carbocycles. The van der Waals surface area contributed by atoms with Crippen LogP contribution in [0.15, 0.2) is 48.1 Å². The van der Waals surface area contributed by atoms with Crippen molar-refractivity contribution in [3.63, 3.8) is 0 Å². The molecular formula is C28H48. The Balaban J connectivity index is 0.000000445. The van der Waals surface area contributed by atoms with E-state index in [4.69, 9.17) is 0 Å². The normalized spacial score (nSPS) is 14.5. The van der Waals surface area contributed by atoms with Crippen molar-refractivity contribution < 1.29 is 0 Å². The SMILES string of the molecule is CC(C)(C)C.CC(C)(C)C1=CC=CC1.CC(C)(C)c1ccc(C(C)(C)C)cc1. The molecule has 0 heteroatoms. The Morgan fingerprint density at radius 1 is 0.536 bits per heavy atom. The Morgan fingerprint density at radius 2 is 0.857 bits per heavy atom. The van der Waals surface area contributed by atoms with Crippen LogP contribution in [0.2, 0.25) is 0 Å². The number of rotatable bonds is 0. The maximum atomic E-state index is 2.26. The molecule has 0 aromatic heterocycles. The van der Waals surface area contributed by atoms with Gasteiger partial charge in [-0.25, -0.2) is 0 Å². The minimum Gasteiger partial charge on any atom is -0.0804 e. The van der Waals surface area contributed by atoms with Gasteiger partial charge in [-0.15, -0.1) is 0 Å². The standard InChI is InChI=1S/C14H22.C9H14.C5H12/c1-13(2,3)11-7-9-12(10-8-11)14(4,5)6;1-9(2,3)8-6-4-5-7-8;1-5(2,3)4/h7-10H,1-6H3;4-6H,7H2,1-3H3;1-4H3. The Hall–Kier alpha value is -1.30. The van der Waals surface area contributed by atoms with E-state index in [1.807, 2.05) is 0 Å². The van der Waals surface area contributed by atoms with Gasteiger partial charge in [0.25, 0.3) is 0 Å². The zero-order chi connectivity index (χ0) is 22.4. The second-order valence-corrected chi connectivity index (χ2v) is 12.7. The Labute approximate surface area is 177 Å². The summed E-state index contributed by atoms with van der Waals surface area (Å²) < 4.78 is 0. The first-order valence-corrected chi connectivity index (χ1v) is 10.8. The van der Waals surface area contributed by atoms with E-state index < -0.39 is 0 Å². The van der Waals surface area contributed by atoms with Crippen molar-refractivity contribution in [2.75, 3.05) is 0 Å². The average Bonchev–Trinajstić information content (AvgIpc) is 2.98. The molecule has 0 saturated carbocycles. The van der Waals surface area contributed by atoms with E-state index in [0.717, 1.165) is 6.42 Å². The van der Waals surface area contributed by atoms with Gasteiger partial charge in [0.1, 0.15) is 0 Å². The number of hydrogen-bond acceptors (Lipinski definition) is 0. The largest absolute Gasteiger partial charge is 0.0804 e. The number of benzene rings is 1. The molecular weight excluding hydrogens is 336 g/mol. The van der Waals surface area contributed by atoms with Crippen molar-refractivity contribution in [3.05, 3.63) is 59.2 Å². The van der Waals surface area contributed by atoms with Crippen LogP contribution in [-0.4, -0.2) is 0 Å². The Kier molecular flexibility index (Phi) is 9.49. The first kappa shape index (κ1) is 26.7. The first-order valence-electron chi connectivity index (χ1n) is 10.8. The minimum atomic E-state index is 0.260. The zero-order valence-electron chi connectivity index (χ0n) is 21.2. The average molecular weight is 385 g/mol. The lowest BCUT2D eigenvalue weighted by atomic mass is 9.82. The molecule has 2 rings (SSSR count). The van der Waals surface area contributed by atoms with Gasteiger partial charge in [0.2, 0.25) is 0 Å². The maximum absolute atomic E-state index is 2.26. The molecule has 0 bridgehead atoms. The molecule has 1 aliphatic rings. The lowest BCUT2D eigenvalue weighted by molar-refractivity contribution is 0.469. The van der Waals surface area contributed by atoms with Gasteiger partial charge in [-0.05, 0) is 39.2 Å². The van der Waals surface area contributed by atoms with Gasteiger partial charge in [-0.2, -0.15) is 0 Å². The van der Waals surface area contributed by atoms with E-state index in [0.29, 0.717) is 10.8 Å². The number of hydrogen-bond donors (Lipinski definition) is 0. The summed E-state index contributed by atoms with van der Waals surface area (Å²) in [4.78, 5) is 0. The molecule has 0 N–H and O–H groups in total. The molecule has 0 unspecified atom stereocenters. The highest BCUT2D eigenvalue weighted by molar-refractivity contribution is 5.31. The quantitative estimate of drug-likeness (QED) is 0.418. The van der Waals surface area contributed by atoms with Crippen molar-refractivity contribution in [3.8, 4) is 0 Å². The second-order valence-electron chi connectivity index (χ2n) is 12.7. The maximum Gasteiger partial charge on any atom is -0.0127 e. The van der Waals surface area contributed by atoms with Crippen molar-refractivity contribution in [1.29, 1.82) is 0 Å². The van der Waals surface area contributed by atoms with Crippen LogP contribution in [0.1, 0.15) is 108 Å². The Morgan fingerprint density at radius 3 is 1.00 bits per heavy atom. The van der Waals surface area contributed by atoms with E-state index >= 15 is 0 Å². The van der Waals surface area contributed by atoms with Crippen LogP contribution in [0.4, 0.5) is 0 Å². The summed E-state index contributed by atoms with van der Waals surface area (Å²) >= 11 is 0. The second kappa shape index (κ2) is 9.95. The fraction of sp³-hybridized carbons (Fsp3) is 0.643. The molecule has 0 fully saturated rings. The minimum absolute atomic E-state index is 0.260. The van der Waals surface area contributed by atoms with Crippen LogP contribution in [0.25, 0.3) is 0 Å². The molecule has 0 aliphatic heterocycles. The number of allylic oxidation sites excluding steroid dienone is 4. The highest BCUT2D eigenvalue weighted by Crippen LogP contribution is 2.30. The molecule has 0 amide bonds. The van der Waals surface area contributed by atoms with Crippen LogP contribution < -0.4 is 0 Å². The fourth-order valence-corrected chi connectivity index (χ4v) is 2.47. The van der Waals surface area contributed by atoms with Crippen LogP contribution in [-0.2, 0) is 10.8 Å². The summed E-state index contributed by atoms with van der Waals surface area (Å²) in [6.45, 7) is 29.0. The molecule has 0 heterocycles. The molecule has 160 valence electrons. The van der Waals surface area contributed by atoms with E-state index in [1.165, 1.54) is 11.1 Å². The highest BCUT2D eigenvalue weighted by Gasteiger charge is 2.17. The van der Waals surface area contributed by atoms with Gasteiger partial charge in [0.15, 0.2) is 0 Å². The van der Waals surface area contributed by atoms with E-state index in [1.54, 1.807) is 5.57 Å². The Bertz CT molecular complexity index is 585. The van der Waals surface area contributed by atoms with Crippen LogP contribution in [0.3, 0.4) is 0 Å². The van der Waals surface area contributed by atoms with Gasteiger partial charge in [0.05, 0.1) is 0 Å². The summed E-state index contributed by atoms with van der Waals surface area (Å²) in [6.07, 6.45) is 7.73. The summed E-state index contributed by atoms with van der Waals surface area (Å²) in [7, 11) is 0. The highest BCUT2D eigenvalue weighted by atomic mass is 14.2. The van der Waals surface area contributed by atoms with Gasteiger partial charge in [-0.3, -0.25) is 0 Å². The lowest BCUT2D eigenvalue weighted by Crippen LogP contribution is -2.14. The summed E-state index contributed by atoms with van der Waals surface area (Å²) in [5.74, 6) is 0. The smallest absolute Gasteiger partial charge is 0.0127 e. The van der Waals surface area contributed by atoms with Crippen molar-refractivity contribution in [1.82, 2.24) is 0 Å².